The number of carbonyl (C=O) groups excluding carboxylic acids is 1. The number of nitrogens with zero attached hydrogens (tertiary/aromatic N) is 1. The standard InChI is InChI=1S/C18H19N3O/c1-18(2,3)14-9-5-7-11-16(14)21-17(22)20-15-10-6-4-8-13(15)12-19/h4-11H,1-3H3,(H2,20,21,22). The first-order valence-electron chi connectivity index (χ1n) is 7.08. The number of anilines is 2. The molecule has 0 fully saturated rings. The molecule has 0 unspecified atom stereocenters. The molecule has 22 heavy (non-hydrogen) atoms. The summed E-state index contributed by atoms with van der Waals surface area (Å²) in [4.78, 5) is 12.2. The van der Waals surface area contributed by atoms with Gasteiger partial charge < -0.3 is 10.6 Å². The number of amides is 2. The van der Waals surface area contributed by atoms with Crippen molar-refractivity contribution in [1.29, 1.82) is 5.26 Å². The lowest BCUT2D eigenvalue weighted by Gasteiger charge is -2.23. The van der Waals surface area contributed by atoms with E-state index in [-0.39, 0.29) is 11.4 Å². The van der Waals surface area contributed by atoms with Crippen LogP contribution < -0.4 is 10.6 Å². The third-order valence-corrected chi connectivity index (χ3v) is 3.28. The van der Waals surface area contributed by atoms with Crippen molar-refractivity contribution in [3.8, 4) is 6.07 Å². The summed E-state index contributed by atoms with van der Waals surface area (Å²) in [7, 11) is 0. The Morgan fingerprint density at radius 2 is 1.50 bits per heavy atom. The van der Waals surface area contributed by atoms with Gasteiger partial charge in [0, 0.05) is 5.69 Å². The first kappa shape index (κ1) is 15.6. The summed E-state index contributed by atoms with van der Waals surface area (Å²) in [5, 5.41) is 14.6. The SMILES string of the molecule is CC(C)(C)c1ccccc1NC(=O)Nc1ccccc1C#N. The third-order valence-electron chi connectivity index (χ3n) is 3.28. The second kappa shape index (κ2) is 6.31. The van der Waals surface area contributed by atoms with Gasteiger partial charge in [-0.15, -0.1) is 0 Å². The molecule has 0 aliphatic heterocycles. The van der Waals surface area contributed by atoms with E-state index < -0.39 is 0 Å². The van der Waals surface area contributed by atoms with E-state index in [4.69, 9.17) is 5.26 Å². The maximum atomic E-state index is 12.2. The van der Waals surface area contributed by atoms with Crippen molar-refractivity contribution >= 4 is 17.4 Å². The molecule has 0 spiro atoms. The zero-order chi connectivity index (χ0) is 16.2. The van der Waals surface area contributed by atoms with E-state index in [0.29, 0.717) is 11.3 Å². The minimum atomic E-state index is -0.362. The van der Waals surface area contributed by atoms with Gasteiger partial charge in [0.15, 0.2) is 0 Å². The van der Waals surface area contributed by atoms with Crippen LogP contribution >= 0.6 is 0 Å². The Bertz CT molecular complexity index is 724. The summed E-state index contributed by atoms with van der Waals surface area (Å²) in [6.07, 6.45) is 0. The fourth-order valence-corrected chi connectivity index (χ4v) is 2.21. The van der Waals surface area contributed by atoms with Crippen LogP contribution in [0.25, 0.3) is 0 Å². The smallest absolute Gasteiger partial charge is 0.307 e. The topological polar surface area (TPSA) is 64.9 Å². The molecule has 0 aliphatic carbocycles. The van der Waals surface area contributed by atoms with Crippen LogP contribution in [0.1, 0.15) is 31.9 Å². The Morgan fingerprint density at radius 1 is 0.955 bits per heavy atom. The molecule has 2 rings (SSSR count). The largest absolute Gasteiger partial charge is 0.323 e. The van der Waals surface area contributed by atoms with E-state index in [1.165, 1.54) is 0 Å². The average Bonchev–Trinajstić information content (AvgIpc) is 2.47. The molecule has 0 radical (unpaired) electrons. The van der Waals surface area contributed by atoms with Crippen LogP contribution in [0.5, 0.6) is 0 Å². The lowest BCUT2D eigenvalue weighted by atomic mass is 9.86. The van der Waals surface area contributed by atoms with Crippen molar-refractivity contribution < 1.29 is 4.79 Å². The monoisotopic (exact) mass is 293 g/mol. The van der Waals surface area contributed by atoms with E-state index in [2.05, 4.69) is 37.5 Å². The molecule has 2 N–H and O–H groups in total. The number of carbonyl (C=O) groups is 1. The summed E-state index contributed by atoms with van der Waals surface area (Å²) in [6.45, 7) is 6.28. The quantitative estimate of drug-likeness (QED) is 0.856. The van der Waals surface area contributed by atoms with Gasteiger partial charge in [0.2, 0.25) is 0 Å². The van der Waals surface area contributed by atoms with E-state index in [1.54, 1.807) is 24.3 Å². The van der Waals surface area contributed by atoms with Crippen molar-refractivity contribution in [2.24, 2.45) is 0 Å². The molecular formula is C18H19N3O. The fourth-order valence-electron chi connectivity index (χ4n) is 2.21. The van der Waals surface area contributed by atoms with Gasteiger partial charge in [0.1, 0.15) is 6.07 Å². The Balaban J connectivity index is 2.19. The highest BCUT2D eigenvalue weighted by Gasteiger charge is 2.18. The van der Waals surface area contributed by atoms with Crippen molar-refractivity contribution in [2.45, 2.75) is 26.2 Å². The number of benzene rings is 2. The number of para-hydroxylation sites is 2. The second-order valence-electron chi connectivity index (χ2n) is 6.03. The van der Waals surface area contributed by atoms with Crippen molar-refractivity contribution in [3.63, 3.8) is 0 Å². The number of nitriles is 1. The number of hydrogen-bond acceptors (Lipinski definition) is 2. The van der Waals surface area contributed by atoms with Gasteiger partial charge >= 0.3 is 6.03 Å². The van der Waals surface area contributed by atoms with Crippen LogP contribution in [0, 0.1) is 11.3 Å². The van der Waals surface area contributed by atoms with Gasteiger partial charge in [-0.25, -0.2) is 4.79 Å². The molecule has 4 heteroatoms. The highest BCUT2D eigenvalue weighted by atomic mass is 16.2. The minimum absolute atomic E-state index is 0.0750. The predicted octanol–water partition coefficient (Wildman–Crippen LogP) is 4.50. The number of urea groups is 1. The van der Waals surface area contributed by atoms with E-state index in [9.17, 15) is 4.79 Å². The number of hydrogen-bond donors (Lipinski definition) is 2. The lowest BCUT2D eigenvalue weighted by molar-refractivity contribution is 0.262. The molecule has 0 saturated carbocycles. The Morgan fingerprint density at radius 3 is 2.14 bits per heavy atom. The highest BCUT2D eigenvalue weighted by molar-refractivity contribution is 6.01. The second-order valence-corrected chi connectivity index (χ2v) is 6.03. The minimum Gasteiger partial charge on any atom is -0.307 e. The Kier molecular flexibility index (Phi) is 4.47. The summed E-state index contributed by atoms with van der Waals surface area (Å²) in [6, 6.07) is 16.3. The molecule has 0 saturated heterocycles. The average molecular weight is 293 g/mol. The maximum Gasteiger partial charge on any atom is 0.323 e. The zero-order valence-corrected chi connectivity index (χ0v) is 13.0. The Hall–Kier alpha value is -2.80. The molecule has 0 atom stereocenters. The Labute approximate surface area is 130 Å². The molecule has 2 aromatic rings. The first-order chi connectivity index (χ1) is 10.4. The number of rotatable bonds is 2. The van der Waals surface area contributed by atoms with E-state index in [0.717, 1.165) is 11.3 Å². The van der Waals surface area contributed by atoms with Crippen molar-refractivity contribution in [1.82, 2.24) is 0 Å². The maximum absolute atomic E-state index is 12.2. The van der Waals surface area contributed by atoms with E-state index in [1.807, 2.05) is 24.3 Å². The molecule has 2 amide bonds. The van der Waals surface area contributed by atoms with Crippen LogP contribution in [0.3, 0.4) is 0 Å². The van der Waals surface area contributed by atoms with E-state index >= 15 is 0 Å². The van der Waals surface area contributed by atoms with Crippen molar-refractivity contribution in [3.05, 3.63) is 59.7 Å². The van der Waals surface area contributed by atoms with Gasteiger partial charge in [-0.1, -0.05) is 51.1 Å². The molecule has 0 aliphatic rings. The van der Waals surface area contributed by atoms with Gasteiger partial charge in [-0.05, 0) is 29.2 Å². The zero-order valence-electron chi connectivity index (χ0n) is 13.0. The molecule has 0 bridgehead atoms. The lowest BCUT2D eigenvalue weighted by Crippen LogP contribution is -2.23. The molecule has 0 aromatic heterocycles. The van der Waals surface area contributed by atoms with Crippen LogP contribution in [0.2, 0.25) is 0 Å². The molecule has 0 heterocycles. The van der Waals surface area contributed by atoms with Gasteiger partial charge in [0.25, 0.3) is 0 Å². The van der Waals surface area contributed by atoms with Gasteiger partial charge in [-0.2, -0.15) is 5.26 Å². The highest BCUT2D eigenvalue weighted by Crippen LogP contribution is 2.29. The summed E-state index contributed by atoms with van der Waals surface area (Å²) in [5.41, 5.74) is 2.67. The number of nitrogens with one attached hydrogen (secondary N) is 2. The van der Waals surface area contributed by atoms with Gasteiger partial charge in [-0.3, -0.25) is 0 Å². The molecule has 112 valence electrons. The van der Waals surface area contributed by atoms with Crippen molar-refractivity contribution in [2.75, 3.05) is 10.6 Å². The van der Waals surface area contributed by atoms with Gasteiger partial charge in [0.05, 0.1) is 11.3 Å². The van der Waals surface area contributed by atoms with Crippen LogP contribution in [-0.4, -0.2) is 6.03 Å². The fraction of sp³-hybridized carbons (Fsp3) is 0.222. The van der Waals surface area contributed by atoms with Crippen LogP contribution in [0.15, 0.2) is 48.5 Å². The summed E-state index contributed by atoms with van der Waals surface area (Å²) >= 11 is 0. The molecular weight excluding hydrogens is 274 g/mol. The molecule has 4 nitrogen and oxygen atoms in total. The first-order valence-corrected chi connectivity index (χ1v) is 7.08. The molecule has 2 aromatic carbocycles. The summed E-state index contributed by atoms with van der Waals surface area (Å²) < 4.78 is 0. The van der Waals surface area contributed by atoms with Crippen LogP contribution in [-0.2, 0) is 5.41 Å². The third kappa shape index (κ3) is 3.64. The predicted molar refractivity (Wildman–Crippen MR) is 88.9 cm³/mol. The summed E-state index contributed by atoms with van der Waals surface area (Å²) in [5.74, 6) is 0. The normalized spacial score (nSPS) is 10.6. The van der Waals surface area contributed by atoms with Crippen LogP contribution in [0.4, 0.5) is 16.2 Å².